The summed E-state index contributed by atoms with van der Waals surface area (Å²) < 4.78 is 6.15. The Morgan fingerprint density at radius 3 is 1.49 bits per heavy atom. The van der Waals surface area contributed by atoms with Crippen LogP contribution in [0.4, 0.5) is 0 Å². The van der Waals surface area contributed by atoms with Crippen molar-refractivity contribution in [2.45, 2.75) is 157 Å². The second kappa shape index (κ2) is 26.8. The van der Waals surface area contributed by atoms with Crippen molar-refractivity contribution in [2.24, 2.45) is 0 Å². The van der Waals surface area contributed by atoms with Gasteiger partial charge in [-0.05, 0) is 73.9 Å². The van der Waals surface area contributed by atoms with Crippen molar-refractivity contribution in [3.05, 3.63) is 88.0 Å². The Bertz CT molecular complexity index is 1240. The van der Waals surface area contributed by atoms with Gasteiger partial charge in [0.25, 0.3) is 0 Å². The molecule has 5 heteroatoms. The van der Waals surface area contributed by atoms with Crippen molar-refractivity contribution >= 4 is 11.4 Å². The van der Waals surface area contributed by atoms with Crippen LogP contribution in [-0.4, -0.2) is 38.9 Å². The molecule has 0 spiro atoms. The van der Waals surface area contributed by atoms with Gasteiger partial charge in [-0.15, -0.1) is 0 Å². The Labute approximate surface area is 312 Å². The molecule has 0 bridgehead atoms. The third-order valence-electron chi connectivity index (χ3n) is 9.46. The number of hydrogen-bond donors (Lipinski definition) is 0. The van der Waals surface area contributed by atoms with E-state index in [1.807, 2.05) is 0 Å². The van der Waals surface area contributed by atoms with Crippen LogP contribution in [0.5, 0.6) is 0 Å². The third kappa shape index (κ3) is 17.2. The molecule has 0 radical (unpaired) electrons. The van der Waals surface area contributed by atoms with Crippen LogP contribution >= 0.6 is 0 Å². The van der Waals surface area contributed by atoms with E-state index in [0.717, 1.165) is 54.9 Å². The molecule has 0 N–H and O–H groups in total. The van der Waals surface area contributed by atoms with E-state index < -0.39 is 0 Å². The topological polar surface area (TPSA) is 31.8 Å². The Hall–Kier alpha value is -1.90. The van der Waals surface area contributed by atoms with E-state index in [-0.39, 0.29) is 0 Å². The minimum absolute atomic E-state index is 0.663. The number of rotatable bonds is 25. The molecule has 49 heavy (non-hydrogen) atoms. The maximum absolute atomic E-state index is 11.6. The Morgan fingerprint density at radius 2 is 0.980 bits per heavy atom. The standard InChI is InChI=1S/C38H56N2.2C3H8N.Pd/c1-4-7-10-13-15-17-22-32-24-20-27-34(29-32)37-31-36(26-19-12-9-6-3)38(40(37)39)35-28-21-25-33(30-35)23-18-16-14-11-8-5-2;2*1-3-4-2;/h20-21,24-25,27-31H,4-19,22-23,26H2,1-3H3;2*3H2,1-2H3;/q;2*-1;+2. The van der Waals surface area contributed by atoms with Crippen LogP contribution in [0.25, 0.3) is 16.9 Å². The second-order valence-corrected chi connectivity index (χ2v) is 16.5. The summed E-state index contributed by atoms with van der Waals surface area (Å²) in [6, 6.07) is 17.8. The summed E-state index contributed by atoms with van der Waals surface area (Å²) in [5.41, 5.74) is 19.8. The van der Waals surface area contributed by atoms with Gasteiger partial charge in [0.15, 0.2) is 0 Å². The van der Waals surface area contributed by atoms with E-state index in [4.69, 9.17) is 0 Å². The van der Waals surface area contributed by atoms with Gasteiger partial charge in [-0.2, -0.15) is 0 Å². The molecule has 278 valence electrons. The molecule has 3 rings (SSSR count). The fourth-order valence-corrected chi connectivity index (χ4v) is 7.60. The van der Waals surface area contributed by atoms with Gasteiger partial charge in [-0.25, -0.2) is 4.70 Å². The Kier molecular flexibility index (Phi) is 23.7. The summed E-state index contributed by atoms with van der Waals surface area (Å²) in [4.78, 5) is 0. The second-order valence-electron chi connectivity index (χ2n) is 13.8. The average molecular weight is 764 g/mol. The van der Waals surface area contributed by atoms with Gasteiger partial charge < -0.3 is 5.53 Å². The van der Waals surface area contributed by atoms with E-state index in [1.54, 1.807) is 0 Å². The summed E-state index contributed by atoms with van der Waals surface area (Å²) in [5.74, 6) is 0. The predicted octanol–water partition coefficient (Wildman–Crippen LogP) is 13.1. The number of benzene rings is 2. The fourth-order valence-electron chi connectivity index (χ4n) is 6.25. The van der Waals surface area contributed by atoms with Gasteiger partial charge in [-0.1, -0.05) is 129 Å². The van der Waals surface area contributed by atoms with Crippen molar-refractivity contribution in [3.8, 4) is 0 Å². The Balaban J connectivity index is 0.000000811. The van der Waals surface area contributed by atoms with Crippen molar-refractivity contribution < 1.29 is 23.2 Å². The molecule has 1 heterocycles. The van der Waals surface area contributed by atoms with E-state index >= 15 is 0 Å². The number of hydrogen-bond acceptors (Lipinski definition) is 2. The molecule has 4 nitrogen and oxygen atoms in total. The van der Waals surface area contributed by atoms with Gasteiger partial charge in [0, 0.05) is 22.8 Å². The molecule has 0 aromatic heterocycles. The Morgan fingerprint density at radius 1 is 0.551 bits per heavy atom. The van der Waals surface area contributed by atoms with Crippen LogP contribution in [0.1, 0.15) is 166 Å². The SMILES string of the molecule is CCCCCCCCc1cccc(C2=CC(CCCCCC)=C(c3cccc(CCCCCCCC)c3)[N+]2=[N-])c1.CC[N](C)[Pd][N](C)CC. The van der Waals surface area contributed by atoms with Crippen LogP contribution in [0, 0.1) is 0 Å². The zero-order valence-electron chi connectivity index (χ0n) is 32.7. The number of unbranched alkanes of at least 4 members (excludes halogenated alkanes) is 13. The van der Waals surface area contributed by atoms with Crippen molar-refractivity contribution in [3.63, 3.8) is 0 Å². The van der Waals surface area contributed by atoms with E-state index in [0.29, 0.717) is 18.5 Å². The molecule has 2 aromatic carbocycles. The van der Waals surface area contributed by atoms with Crippen LogP contribution in [0.2, 0.25) is 0 Å². The average Bonchev–Trinajstić information content (AvgIpc) is 3.45. The first-order valence-electron chi connectivity index (χ1n) is 20.0. The molecule has 0 atom stereocenters. The molecule has 0 saturated carbocycles. The molecule has 0 fully saturated rings. The van der Waals surface area contributed by atoms with Gasteiger partial charge in [-0.3, -0.25) is 0 Å². The van der Waals surface area contributed by atoms with Crippen LogP contribution < -0.4 is 0 Å². The quantitative estimate of drug-likeness (QED) is 0.0573. The van der Waals surface area contributed by atoms with E-state index in [2.05, 4.69) is 110 Å². The minimum atomic E-state index is 0.663. The first-order valence-corrected chi connectivity index (χ1v) is 21.4. The summed E-state index contributed by atoms with van der Waals surface area (Å²) in [6.07, 6.45) is 26.2. The zero-order chi connectivity index (χ0) is 35.7. The van der Waals surface area contributed by atoms with E-state index in [9.17, 15) is 5.53 Å². The molecule has 0 saturated heterocycles. The fraction of sp³-hybridized carbons (Fsp3) is 0.636. The first kappa shape index (κ1) is 43.3. The molecule has 0 amide bonds. The predicted molar refractivity (Wildman–Crippen MR) is 211 cm³/mol. The molecular formula is C44H72N4Pd. The number of allylic oxidation sites excluding steroid dienone is 2. The summed E-state index contributed by atoms with van der Waals surface area (Å²) in [5, 5.41) is 0. The van der Waals surface area contributed by atoms with Gasteiger partial charge in [0.1, 0.15) is 0 Å². The molecule has 2 aromatic rings. The molecule has 0 aliphatic carbocycles. The molecule has 0 unspecified atom stereocenters. The maximum atomic E-state index is 11.6. The van der Waals surface area contributed by atoms with Gasteiger partial charge in [0.05, 0.1) is 0 Å². The van der Waals surface area contributed by atoms with Crippen LogP contribution in [0.3, 0.4) is 0 Å². The number of aryl methyl sites for hydroxylation is 2. The third-order valence-corrected chi connectivity index (χ3v) is 11.5. The monoisotopic (exact) mass is 762 g/mol. The van der Waals surface area contributed by atoms with Crippen molar-refractivity contribution in [1.29, 1.82) is 0 Å². The molecule has 1 aliphatic rings. The molecular weight excluding hydrogens is 691 g/mol. The van der Waals surface area contributed by atoms with Crippen LogP contribution in [-0.2, 0) is 31.3 Å². The summed E-state index contributed by atoms with van der Waals surface area (Å²) in [7, 11) is 4.31. The van der Waals surface area contributed by atoms with Crippen LogP contribution in [0.15, 0.2) is 60.2 Å². The normalized spacial score (nSPS) is 13.1. The zero-order valence-corrected chi connectivity index (χ0v) is 34.2. The van der Waals surface area contributed by atoms with Gasteiger partial charge >= 0.3 is 66.6 Å². The molecule has 1 aliphatic heterocycles. The van der Waals surface area contributed by atoms with E-state index in [1.165, 1.54) is 124 Å². The number of nitrogens with zero attached hydrogens (tertiary/aromatic N) is 4. The van der Waals surface area contributed by atoms with Crippen molar-refractivity contribution in [2.75, 3.05) is 27.2 Å². The van der Waals surface area contributed by atoms with Gasteiger partial charge in [0.2, 0.25) is 11.4 Å². The first-order chi connectivity index (χ1) is 23.9. The summed E-state index contributed by atoms with van der Waals surface area (Å²) >= 11 is 0.663. The van der Waals surface area contributed by atoms with Crippen molar-refractivity contribution in [1.82, 2.24) is 7.07 Å². The summed E-state index contributed by atoms with van der Waals surface area (Å²) in [6.45, 7) is 13.5.